The van der Waals surface area contributed by atoms with E-state index in [1.165, 1.54) is 0 Å². The first-order valence-electron chi connectivity index (χ1n) is 22.7. The molecule has 0 N–H and O–H groups in total. The molecule has 0 aliphatic heterocycles. The quantitative estimate of drug-likeness (QED) is 0.197. The average molecular weight is 579 g/mol. The van der Waals surface area contributed by atoms with Crippen LogP contribution >= 0.6 is 0 Å². The van der Waals surface area contributed by atoms with Gasteiger partial charge in [-0.05, 0) is 70.7 Å². The Morgan fingerprint density at radius 1 is 0.364 bits per heavy atom. The summed E-state index contributed by atoms with van der Waals surface area (Å²) < 4.78 is 160. The Hall–Kier alpha value is -5.86. The number of benzene rings is 7. The van der Waals surface area contributed by atoms with Crippen molar-refractivity contribution in [3.8, 4) is 33.6 Å². The fourth-order valence-electron chi connectivity index (χ4n) is 5.86. The summed E-state index contributed by atoms with van der Waals surface area (Å²) in [5.74, 6) is 0. The summed E-state index contributed by atoms with van der Waals surface area (Å²) in [5, 5.41) is 2.31. The van der Waals surface area contributed by atoms with Crippen molar-refractivity contribution in [3.05, 3.63) is 169 Å². The Kier molecular flexibility index (Phi) is 2.87. The zero-order valence-corrected chi connectivity index (χ0v) is 22.7. The maximum Gasteiger partial charge on any atom is 0.0651 e. The molecule has 0 fully saturated rings. The molecule has 9 rings (SSSR count). The fraction of sp³-hybridized carbons (Fsp3) is 0. The summed E-state index contributed by atoms with van der Waals surface area (Å²) in [6.45, 7) is 0. The Bertz CT molecular complexity index is 3430. The summed E-state index contributed by atoms with van der Waals surface area (Å²) in [4.78, 5) is 0. The van der Waals surface area contributed by atoms with Crippen LogP contribution in [0.3, 0.4) is 0 Å². The third kappa shape index (κ3) is 3.75. The number of para-hydroxylation sites is 2. The number of nitrogens with zero attached hydrogens (tertiary/aromatic N) is 2. The number of rotatable bonds is 4. The first-order valence-corrected chi connectivity index (χ1v) is 13.7. The first-order chi connectivity index (χ1) is 29.3. The Balaban J connectivity index is 1.40. The summed E-state index contributed by atoms with van der Waals surface area (Å²) in [6.07, 6.45) is 0. The number of aromatic nitrogens is 2. The minimum atomic E-state index is -0.692. The van der Waals surface area contributed by atoms with Crippen molar-refractivity contribution < 1.29 is 24.7 Å². The molecular formula is C42H28N2. The van der Waals surface area contributed by atoms with Crippen molar-refractivity contribution in [1.82, 2.24) is 9.13 Å². The van der Waals surface area contributed by atoms with E-state index in [9.17, 15) is 4.11 Å². The molecule has 0 saturated heterocycles. The second-order valence-corrected chi connectivity index (χ2v) is 10.0. The molecule has 0 aliphatic carbocycles. The van der Waals surface area contributed by atoms with E-state index in [-0.39, 0.29) is 11.4 Å². The molecule has 0 spiro atoms. The Labute approximate surface area is 281 Å². The van der Waals surface area contributed by atoms with Gasteiger partial charge in [-0.1, -0.05) is 121 Å². The van der Waals surface area contributed by atoms with E-state index in [0.29, 0.717) is 43.6 Å². The minimum absolute atomic E-state index is 0.180. The first kappa shape index (κ1) is 12.8. The molecule has 206 valence electrons. The predicted molar refractivity (Wildman–Crippen MR) is 186 cm³/mol. The van der Waals surface area contributed by atoms with Gasteiger partial charge in [0.05, 0.1) is 46.7 Å². The molecule has 0 unspecified atom stereocenters. The zero-order valence-electron chi connectivity index (χ0n) is 40.7. The van der Waals surface area contributed by atoms with E-state index in [2.05, 4.69) is 0 Å². The third-order valence-corrected chi connectivity index (χ3v) is 7.64. The molecule has 44 heavy (non-hydrogen) atoms. The molecule has 0 radical (unpaired) electrons. The van der Waals surface area contributed by atoms with Crippen LogP contribution in [0.2, 0.25) is 0 Å². The molecule has 0 aliphatic rings. The van der Waals surface area contributed by atoms with Crippen molar-refractivity contribution in [1.29, 1.82) is 0 Å². The van der Waals surface area contributed by atoms with E-state index < -0.39 is 131 Å². The van der Waals surface area contributed by atoms with E-state index in [4.69, 9.17) is 20.6 Å². The van der Waals surface area contributed by atoms with Crippen molar-refractivity contribution in [2.45, 2.75) is 0 Å². The van der Waals surface area contributed by atoms with Crippen molar-refractivity contribution >= 4 is 43.6 Å². The van der Waals surface area contributed by atoms with Gasteiger partial charge in [-0.15, -0.1) is 0 Å². The maximum atomic E-state index is 9.50. The van der Waals surface area contributed by atoms with Gasteiger partial charge in [0.2, 0.25) is 0 Å². The Morgan fingerprint density at radius 2 is 0.841 bits per heavy atom. The molecule has 2 heterocycles. The summed E-state index contributed by atoms with van der Waals surface area (Å²) in [6, 6.07) is 5.85. The van der Waals surface area contributed by atoms with Crippen LogP contribution in [-0.4, -0.2) is 9.13 Å². The van der Waals surface area contributed by atoms with Gasteiger partial charge in [-0.3, -0.25) is 0 Å². The molecule has 9 aromatic rings. The molecular weight excluding hydrogens is 532 g/mol. The van der Waals surface area contributed by atoms with Gasteiger partial charge < -0.3 is 9.13 Å². The molecule has 2 aromatic heterocycles. The standard InChI is InChI=1S/C42H28N2/c1-3-12-29(13-4-1)31-22-24-33(25-23-31)43-37-20-9-7-18-35(37)41-39(43)26-27-40-42(41)36-19-8-10-21-38(36)44(40)34-17-11-16-32(28-34)30-14-5-2-6-15-30/h1-28H/i1D,2D,3D,4D,5D,6D,11D,12D,13D,14D,15D,16D,17D,22D,23D,24D,25D,28D. The highest BCUT2D eigenvalue weighted by molar-refractivity contribution is 6.28. The van der Waals surface area contributed by atoms with Crippen molar-refractivity contribution in [3.63, 3.8) is 0 Å². The molecule has 0 saturated carbocycles. The lowest BCUT2D eigenvalue weighted by Gasteiger charge is -2.11. The van der Waals surface area contributed by atoms with Gasteiger partial charge in [0, 0.05) is 32.9 Å². The highest BCUT2D eigenvalue weighted by Gasteiger charge is 2.20. The van der Waals surface area contributed by atoms with Gasteiger partial charge in [-0.25, -0.2) is 0 Å². The van der Waals surface area contributed by atoms with Crippen LogP contribution in [0.4, 0.5) is 0 Å². The van der Waals surface area contributed by atoms with E-state index in [0.717, 1.165) is 0 Å². The highest BCUT2D eigenvalue weighted by atomic mass is 15.0. The van der Waals surface area contributed by atoms with Crippen molar-refractivity contribution in [2.24, 2.45) is 0 Å². The average Bonchev–Trinajstić information content (AvgIpc) is 3.77. The van der Waals surface area contributed by atoms with Crippen molar-refractivity contribution in [2.75, 3.05) is 0 Å². The highest BCUT2D eigenvalue weighted by Crippen LogP contribution is 2.42. The third-order valence-electron chi connectivity index (χ3n) is 7.64. The monoisotopic (exact) mass is 578 g/mol. The molecule has 2 nitrogen and oxygen atoms in total. The van der Waals surface area contributed by atoms with Crippen LogP contribution in [-0.2, 0) is 0 Å². The SMILES string of the molecule is [2H]c1c([2H])c([2H])c(-c2c([2H])c([2H])c(-n3c4ccccc4c4c5c6ccccc6n(-c6c([2H])c([2H])c([2H])c(-c7c([2H])c([2H])c([2H])c([2H])c7[2H])c6[2H])c5ccc43)c([2H])c2[2H])c([2H])c1[2H]. The summed E-state index contributed by atoms with van der Waals surface area (Å²) >= 11 is 0. The maximum absolute atomic E-state index is 9.50. The van der Waals surface area contributed by atoms with Crippen LogP contribution < -0.4 is 0 Å². The van der Waals surface area contributed by atoms with Gasteiger partial charge >= 0.3 is 0 Å². The van der Waals surface area contributed by atoms with Crippen LogP contribution in [0.1, 0.15) is 24.7 Å². The lowest BCUT2D eigenvalue weighted by molar-refractivity contribution is 1.17. The van der Waals surface area contributed by atoms with E-state index >= 15 is 0 Å². The molecule has 0 atom stereocenters. The van der Waals surface area contributed by atoms with E-state index in [1.807, 2.05) is 0 Å². The summed E-state index contributed by atoms with van der Waals surface area (Å²) in [5.41, 5.74) is -0.442. The predicted octanol–water partition coefficient (Wildman–Crippen LogP) is 11.2. The minimum Gasteiger partial charge on any atom is -0.309 e. The number of hydrogen-bond acceptors (Lipinski definition) is 0. The van der Waals surface area contributed by atoms with Crippen LogP contribution in [0.5, 0.6) is 0 Å². The van der Waals surface area contributed by atoms with Gasteiger partial charge in [0.1, 0.15) is 0 Å². The lowest BCUT2D eigenvalue weighted by atomic mass is 10.0. The number of hydrogen-bond donors (Lipinski definition) is 0. The topological polar surface area (TPSA) is 9.86 Å². The van der Waals surface area contributed by atoms with Gasteiger partial charge in [0.25, 0.3) is 0 Å². The zero-order chi connectivity index (χ0) is 44.7. The molecule has 2 heteroatoms. The van der Waals surface area contributed by atoms with Crippen LogP contribution in [0.15, 0.2) is 169 Å². The van der Waals surface area contributed by atoms with Crippen LogP contribution in [0.25, 0.3) is 77.2 Å². The largest absolute Gasteiger partial charge is 0.309 e. The smallest absolute Gasteiger partial charge is 0.0651 e. The fourth-order valence-corrected chi connectivity index (χ4v) is 5.86. The second kappa shape index (κ2) is 9.86. The lowest BCUT2D eigenvalue weighted by Crippen LogP contribution is -1.95. The normalized spacial score (nSPS) is 17.4. The Morgan fingerprint density at radius 3 is 1.43 bits per heavy atom. The molecule has 0 bridgehead atoms. The molecule has 0 amide bonds. The van der Waals surface area contributed by atoms with Gasteiger partial charge in [-0.2, -0.15) is 0 Å². The van der Waals surface area contributed by atoms with Crippen LogP contribution in [0, 0.1) is 0 Å². The summed E-state index contributed by atoms with van der Waals surface area (Å²) in [7, 11) is 0. The number of fused-ring (bicyclic) bond motifs is 7. The molecule has 7 aromatic carbocycles. The van der Waals surface area contributed by atoms with Gasteiger partial charge in [0.15, 0.2) is 0 Å². The second-order valence-electron chi connectivity index (χ2n) is 10.0. The van der Waals surface area contributed by atoms with E-state index in [1.54, 1.807) is 69.8 Å².